The molecule has 0 unspecified atom stereocenters. The van der Waals surface area contributed by atoms with Crippen molar-refractivity contribution in [2.75, 3.05) is 5.32 Å². The van der Waals surface area contributed by atoms with Crippen LogP contribution in [0.1, 0.15) is 9.67 Å². The highest BCUT2D eigenvalue weighted by molar-refractivity contribution is 9.13. The number of fused-ring (bicyclic) bond motifs is 1. The molecule has 1 aromatic carbocycles. The number of thiophene rings is 1. The van der Waals surface area contributed by atoms with Crippen molar-refractivity contribution in [3.8, 4) is 0 Å². The van der Waals surface area contributed by atoms with Crippen molar-refractivity contribution >= 4 is 65.7 Å². The Kier molecular flexibility index (Phi) is 3.42. The lowest BCUT2D eigenvalue weighted by Gasteiger charge is -2.04. The van der Waals surface area contributed by atoms with Crippen LogP contribution in [0.15, 0.2) is 38.7 Å². The highest BCUT2D eigenvalue weighted by Gasteiger charge is 2.13. The maximum atomic E-state index is 12.2. The number of H-pyrrole nitrogens is 1. The van der Waals surface area contributed by atoms with Gasteiger partial charge in [-0.3, -0.25) is 9.89 Å². The van der Waals surface area contributed by atoms with E-state index in [4.69, 9.17) is 0 Å². The van der Waals surface area contributed by atoms with Gasteiger partial charge in [-0.05, 0) is 50.1 Å². The minimum absolute atomic E-state index is 0.134. The summed E-state index contributed by atoms with van der Waals surface area (Å²) in [6, 6.07) is 7.43. The summed E-state index contributed by atoms with van der Waals surface area (Å²) in [4.78, 5) is 12.8. The molecule has 0 bridgehead atoms. The van der Waals surface area contributed by atoms with Crippen LogP contribution in [0.25, 0.3) is 10.9 Å². The summed E-state index contributed by atoms with van der Waals surface area (Å²) in [6.07, 6.45) is 1.70. The molecule has 19 heavy (non-hydrogen) atoms. The van der Waals surface area contributed by atoms with Crippen LogP contribution in [0.2, 0.25) is 0 Å². The van der Waals surface area contributed by atoms with Crippen molar-refractivity contribution in [1.82, 2.24) is 10.2 Å². The van der Waals surface area contributed by atoms with E-state index in [2.05, 4.69) is 47.4 Å². The van der Waals surface area contributed by atoms with Gasteiger partial charge in [0.05, 0.1) is 26.1 Å². The molecule has 0 saturated heterocycles. The quantitative estimate of drug-likeness (QED) is 0.669. The van der Waals surface area contributed by atoms with Crippen molar-refractivity contribution in [2.24, 2.45) is 0 Å². The number of carbonyl (C=O) groups is 1. The first kappa shape index (κ1) is 12.8. The summed E-state index contributed by atoms with van der Waals surface area (Å²) in [5.74, 6) is -0.134. The van der Waals surface area contributed by atoms with Crippen LogP contribution in [0.4, 0.5) is 5.69 Å². The molecule has 7 heteroatoms. The van der Waals surface area contributed by atoms with Gasteiger partial charge < -0.3 is 5.32 Å². The third-order valence-electron chi connectivity index (χ3n) is 2.60. The molecule has 1 amide bonds. The first-order valence-corrected chi connectivity index (χ1v) is 7.73. The number of nitrogens with one attached hydrogen (secondary N) is 2. The van der Waals surface area contributed by atoms with Gasteiger partial charge in [-0.1, -0.05) is 6.07 Å². The SMILES string of the molecule is O=C(Nc1cccc2[nH]ncc12)c1cc(Br)c(Br)s1. The number of anilines is 1. The molecule has 0 aliphatic heterocycles. The number of halogens is 2. The number of amides is 1. The standard InChI is InChI=1S/C12H7Br2N3OS/c13-7-4-10(19-11(7)14)12(18)16-8-2-1-3-9-6(8)5-15-17-9/h1-5H,(H,15,17)(H,16,18). The smallest absolute Gasteiger partial charge is 0.265 e. The highest BCUT2D eigenvalue weighted by Crippen LogP contribution is 2.33. The minimum atomic E-state index is -0.134. The second kappa shape index (κ2) is 5.07. The van der Waals surface area contributed by atoms with E-state index in [1.54, 1.807) is 12.3 Å². The van der Waals surface area contributed by atoms with E-state index in [0.29, 0.717) is 4.88 Å². The van der Waals surface area contributed by atoms with E-state index >= 15 is 0 Å². The van der Waals surface area contributed by atoms with Crippen LogP contribution in [0.3, 0.4) is 0 Å². The van der Waals surface area contributed by atoms with Crippen LogP contribution < -0.4 is 5.32 Å². The van der Waals surface area contributed by atoms with Crippen LogP contribution in [0.5, 0.6) is 0 Å². The summed E-state index contributed by atoms with van der Waals surface area (Å²) in [6.45, 7) is 0. The number of nitrogens with zero attached hydrogens (tertiary/aromatic N) is 1. The number of aromatic amines is 1. The van der Waals surface area contributed by atoms with Gasteiger partial charge in [0, 0.05) is 9.86 Å². The number of carbonyl (C=O) groups excluding carboxylic acids is 1. The molecule has 0 atom stereocenters. The molecule has 0 radical (unpaired) electrons. The normalized spacial score (nSPS) is 10.8. The average molecular weight is 401 g/mol. The Labute approximate surface area is 129 Å². The Morgan fingerprint density at radius 2 is 2.21 bits per heavy atom. The van der Waals surface area contributed by atoms with E-state index in [-0.39, 0.29) is 5.91 Å². The molecule has 0 fully saturated rings. The van der Waals surface area contributed by atoms with Gasteiger partial charge in [0.2, 0.25) is 0 Å². The van der Waals surface area contributed by atoms with Crippen molar-refractivity contribution in [3.63, 3.8) is 0 Å². The molecule has 0 saturated carbocycles. The Morgan fingerprint density at radius 1 is 1.37 bits per heavy atom. The van der Waals surface area contributed by atoms with Gasteiger partial charge in [0.15, 0.2) is 0 Å². The zero-order valence-electron chi connectivity index (χ0n) is 9.41. The van der Waals surface area contributed by atoms with Gasteiger partial charge in [-0.15, -0.1) is 11.3 Å². The predicted octanol–water partition coefficient (Wildman–Crippen LogP) is 4.40. The van der Waals surface area contributed by atoms with E-state index in [9.17, 15) is 4.79 Å². The lowest BCUT2D eigenvalue weighted by Crippen LogP contribution is -2.10. The van der Waals surface area contributed by atoms with Gasteiger partial charge >= 0.3 is 0 Å². The van der Waals surface area contributed by atoms with Crippen molar-refractivity contribution in [3.05, 3.63) is 43.6 Å². The van der Waals surface area contributed by atoms with Crippen molar-refractivity contribution in [1.29, 1.82) is 0 Å². The first-order chi connectivity index (χ1) is 9.15. The van der Waals surface area contributed by atoms with Gasteiger partial charge in [0.25, 0.3) is 5.91 Å². The molecule has 0 aliphatic rings. The summed E-state index contributed by atoms with van der Waals surface area (Å²) in [5.41, 5.74) is 1.64. The first-order valence-electron chi connectivity index (χ1n) is 5.33. The van der Waals surface area contributed by atoms with E-state index in [0.717, 1.165) is 24.8 Å². The van der Waals surface area contributed by atoms with E-state index < -0.39 is 0 Å². The predicted molar refractivity (Wildman–Crippen MR) is 83.8 cm³/mol. The minimum Gasteiger partial charge on any atom is -0.321 e. The Bertz CT molecular complexity index is 746. The Balaban J connectivity index is 1.92. The zero-order chi connectivity index (χ0) is 13.4. The number of hydrogen-bond donors (Lipinski definition) is 2. The maximum Gasteiger partial charge on any atom is 0.265 e. The fraction of sp³-hybridized carbons (Fsp3) is 0. The molecular formula is C12H7Br2N3OS. The molecular weight excluding hydrogens is 394 g/mol. The molecule has 4 nitrogen and oxygen atoms in total. The summed E-state index contributed by atoms with van der Waals surface area (Å²) in [5, 5.41) is 10.6. The molecule has 2 N–H and O–H groups in total. The second-order valence-electron chi connectivity index (χ2n) is 3.82. The lowest BCUT2D eigenvalue weighted by molar-refractivity contribution is 0.103. The molecule has 96 valence electrons. The van der Waals surface area contributed by atoms with Gasteiger partial charge in [-0.2, -0.15) is 5.10 Å². The fourth-order valence-corrected chi connectivity index (χ4v) is 3.65. The third-order valence-corrected chi connectivity index (χ3v) is 5.86. The Hall–Kier alpha value is -1.18. The topological polar surface area (TPSA) is 57.8 Å². The number of hydrogen-bond acceptors (Lipinski definition) is 3. The second-order valence-corrected chi connectivity index (χ2v) is 7.05. The molecule has 2 aromatic heterocycles. The largest absolute Gasteiger partial charge is 0.321 e. The molecule has 3 rings (SSSR count). The van der Waals surface area contributed by atoms with E-state index in [1.807, 2.05) is 18.2 Å². The average Bonchev–Trinajstić information content (AvgIpc) is 2.98. The maximum absolute atomic E-state index is 12.2. The molecule has 0 aliphatic carbocycles. The van der Waals surface area contributed by atoms with Crippen LogP contribution in [-0.2, 0) is 0 Å². The summed E-state index contributed by atoms with van der Waals surface area (Å²) < 4.78 is 1.78. The number of aromatic nitrogens is 2. The molecule has 0 spiro atoms. The van der Waals surface area contributed by atoms with Gasteiger partial charge in [-0.25, -0.2) is 0 Å². The van der Waals surface area contributed by atoms with Crippen LogP contribution in [-0.4, -0.2) is 16.1 Å². The van der Waals surface area contributed by atoms with Crippen LogP contribution >= 0.6 is 43.2 Å². The van der Waals surface area contributed by atoms with Crippen molar-refractivity contribution in [2.45, 2.75) is 0 Å². The summed E-state index contributed by atoms with van der Waals surface area (Å²) in [7, 11) is 0. The zero-order valence-corrected chi connectivity index (χ0v) is 13.4. The third kappa shape index (κ3) is 2.45. The van der Waals surface area contributed by atoms with E-state index in [1.165, 1.54) is 11.3 Å². The number of rotatable bonds is 2. The van der Waals surface area contributed by atoms with Gasteiger partial charge in [0.1, 0.15) is 0 Å². The van der Waals surface area contributed by atoms with Crippen molar-refractivity contribution < 1.29 is 4.79 Å². The number of benzene rings is 1. The Morgan fingerprint density at radius 3 is 2.95 bits per heavy atom. The highest BCUT2D eigenvalue weighted by atomic mass is 79.9. The molecule has 2 heterocycles. The fourth-order valence-electron chi connectivity index (χ4n) is 1.72. The summed E-state index contributed by atoms with van der Waals surface area (Å²) >= 11 is 8.14. The lowest BCUT2D eigenvalue weighted by atomic mass is 10.2. The monoisotopic (exact) mass is 399 g/mol. The molecule has 3 aromatic rings. The van der Waals surface area contributed by atoms with Crippen LogP contribution in [0, 0.1) is 0 Å².